The van der Waals surface area contributed by atoms with E-state index >= 15 is 0 Å². The van der Waals surface area contributed by atoms with Crippen molar-refractivity contribution in [1.29, 1.82) is 0 Å². The van der Waals surface area contributed by atoms with Gasteiger partial charge in [0.1, 0.15) is 0 Å². The van der Waals surface area contributed by atoms with E-state index < -0.39 is 0 Å². The highest BCUT2D eigenvalue weighted by Gasteiger charge is 2.31. The number of rotatable bonds is 2. The van der Waals surface area contributed by atoms with Crippen LogP contribution >= 0.6 is 0 Å². The van der Waals surface area contributed by atoms with Gasteiger partial charge in [-0.25, -0.2) is 29.9 Å². The highest BCUT2D eigenvalue weighted by molar-refractivity contribution is 5.88. The van der Waals surface area contributed by atoms with Crippen LogP contribution in [0, 0.1) is 0 Å². The first kappa shape index (κ1) is 35.5. The minimum atomic E-state index is -0.0545. The van der Waals surface area contributed by atoms with Crippen molar-refractivity contribution >= 4 is 57.1 Å². The molecule has 0 atom stereocenters. The number of anilines is 6. The molecule has 0 unspecified atom stereocenters. The Morgan fingerprint density at radius 3 is 1.00 bits per heavy atom. The van der Waals surface area contributed by atoms with Gasteiger partial charge in [-0.3, -0.25) is 9.80 Å². The summed E-state index contributed by atoms with van der Waals surface area (Å²) in [4.78, 5) is 35.1. The third kappa shape index (κ3) is 6.21. The largest absolute Gasteiger partial charge is 0.290 e. The summed E-state index contributed by atoms with van der Waals surface area (Å²) < 4.78 is 0. The summed E-state index contributed by atoms with van der Waals surface area (Å²) in [7, 11) is 0. The Kier molecular flexibility index (Phi) is 7.90. The second kappa shape index (κ2) is 12.0. The molecule has 274 valence electrons. The van der Waals surface area contributed by atoms with Gasteiger partial charge in [0, 0.05) is 11.4 Å². The predicted molar refractivity (Wildman–Crippen MR) is 221 cm³/mol. The predicted octanol–water partition coefficient (Wildman–Crippen LogP) is 11.1. The zero-order valence-corrected chi connectivity index (χ0v) is 33.7. The summed E-state index contributed by atoms with van der Waals surface area (Å²) in [5, 5.41) is 0. The zero-order valence-electron chi connectivity index (χ0n) is 33.7. The van der Waals surface area contributed by atoms with Gasteiger partial charge in [0.2, 0.25) is 11.3 Å². The number of hydrogen-bond donors (Lipinski definition) is 0. The molecule has 2 aliphatic rings. The quantitative estimate of drug-likeness (QED) is 0.177. The van der Waals surface area contributed by atoms with Crippen LogP contribution in [0.2, 0.25) is 0 Å². The molecule has 8 nitrogen and oxygen atoms in total. The van der Waals surface area contributed by atoms with Crippen molar-refractivity contribution in [3.05, 3.63) is 118 Å². The summed E-state index contributed by atoms with van der Waals surface area (Å²) in [6, 6.07) is 30.4. The number of aromatic nitrogens is 4. The number of benzene rings is 4. The highest BCUT2D eigenvalue weighted by Crippen LogP contribution is 2.45. The molecule has 0 fully saturated rings. The summed E-state index contributed by atoms with van der Waals surface area (Å²) in [6.07, 6.45) is 0. The van der Waals surface area contributed by atoms with Crippen molar-refractivity contribution in [2.24, 2.45) is 9.98 Å². The lowest BCUT2D eigenvalue weighted by Gasteiger charge is -2.31. The third-order valence-corrected chi connectivity index (χ3v) is 10.5. The van der Waals surface area contributed by atoms with Gasteiger partial charge in [-0.05, 0) is 92.4 Å². The average Bonchev–Trinajstić information content (AvgIpc) is 3.09. The summed E-state index contributed by atoms with van der Waals surface area (Å²) in [6.45, 7) is 26.7. The zero-order chi connectivity index (χ0) is 38.5. The molecule has 4 heterocycles. The summed E-state index contributed by atoms with van der Waals surface area (Å²) in [5.41, 5.74) is 12.2. The lowest BCUT2D eigenvalue weighted by molar-refractivity contribution is 0.589. The van der Waals surface area contributed by atoms with Gasteiger partial charge in [0.25, 0.3) is 0 Å². The molecule has 2 aliphatic heterocycles. The van der Waals surface area contributed by atoms with Gasteiger partial charge in [0.15, 0.2) is 22.6 Å². The Balaban J connectivity index is 1.36. The molecule has 0 N–H and O–H groups in total. The van der Waals surface area contributed by atoms with Crippen molar-refractivity contribution in [1.82, 2.24) is 19.9 Å². The Bertz CT molecular complexity index is 2400. The van der Waals surface area contributed by atoms with E-state index in [1.54, 1.807) is 0 Å². The Morgan fingerprint density at radius 1 is 0.370 bits per heavy atom. The second-order valence-corrected chi connectivity index (χ2v) is 18.8. The van der Waals surface area contributed by atoms with Crippen LogP contribution in [0.5, 0.6) is 0 Å². The molecule has 0 spiro atoms. The molecule has 0 radical (unpaired) electrons. The minimum Gasteiger partial charge on any atom is -0.290 e. The molecule has 6 aromatic rings. The van der Waals surface area contributed by atoms with Crippen molar-refractivity contribution in [2.45, 2.75) is 105 Å². The normalized spacial score (nSPS) is 14.1. The summed E-state index contributed by atoms with van der Waals surface area (Å²) in [5.74, 6) is 1.22. The molecule has 0 saturated heterocycles. The number of fused-ring (bicyclic) bond motifs is 5. The molecule has 4 aromatic carbocycles. The first-order chi connectivity index (χ1) is 25.3. The van der Waals surface area contributed by atoms with Crippen molar-refractivity contribution in [3.63, 3.8) is 0 Å². The monoisotopic (exact) mass is 714 g/mol. The average molecular weight is 715 g/mol. The van der Waals surface area contributed by atoms with Crippen molar-refractivity contribution in [3.8, 4) is 0 Å². The van der Waals surface area contributed by atoms with Crippen LogP contribution in [-0.4, -0.2) is 19.9 Å². The molecule has 54 heavy (non-hydrogen) atoms. The third-order valence-electron chi connectivity index (χ3n) is 10.5. The van der Waals surface area contributed by atoms with E-state index in [1.165, 1.54) is 22.3 Å². The van der Waals surface area contributed by atoms with Crippen LogP contribution in [0.25, 0.3) is 11.3 Å². The first-order valence-electron chi connectivity index (χ1n) is 18.9. The molecule has 8 rings (SSSR count). The fourth-order valence-electron chi connectivity index (χ4n) is 7.03. The van der Waals surface area contributed by atoms with Gasteiger partial charge in [0.05, 0.1) is 22.7 Å². The molecule has 0 amide bonds. The first-order valence-corrected chi connectivity index (χ1v) is 18.9. The van der Waals surface area contributed by atoms with E-state index in [0.29, 0.717) is 33.9 Å². The fourth-order valence-corrected chi connectivity index (χ4v) is 7.03. The van der Waals surface area contributed by atoms with E-state index in [-0.39, 0.29) is 21.7 Å². The minimum absolute atomic E-state index is 0.0224. The molecule has 0 bridgehead atoms. The van der Waals surface area contributed by atoms with Crippen molar-refractivity contribution in [2.75, 3.05) is 9.80 Å². The molecular weight excluding hydrogens is 665 g/mol. The lowest BCUT2D eigenvalue weighted by Crippen LogP contribution is -2.30. The van der Waals surface area contributed by atoms with Crippen LogP contribution < -0.4 is 20.8 Å². The van der Waals surface area contributed by atoms with E-state index in [1.807, 2.05) is 0 Å². The number of nitrogens with zero attached hydrogens (tertiary/aromatic N) is 8. The lowest BCUT2D eigenvalue weighted by atomic mass is 9.86. The van der Waals surface area contributed by atoms with Gasteiger partial charge in [-0.15, -0.1) is 0 Å². The molecule has 2 aromatic heterocycles. The smallest absolute Gasteiger partial charge is 0.202 e. The fraction of sp³-hybridized carbons (Fsp3) is 0.348. The van der Waals surface area contributed by atoms with Crippen LogP contribution in [0.15, 0.2) is 94.9 Å². The number of hydrogen-bond acceptors (Lipinski definition) is 8. The maximum atomic E-state index is 5.20. The van der Waals surface area contributed by atoms with E-state index in [2.05, 4.69) is 178 Å². The highest BCUT2D eigenvalue weighted by atomic mass is 15.3. The standard InChI is InChI=1S/C46H50N8/c1-43(2,3)27-13-19-31(20-14-27)53-35-25-29(45(7,8)9)17-23-33(35)47-39-41(53)51-37-38(49-39)52-42-40(50-37)48-34-24-18-30(46(10,11)12)26-36(34)54(42)32-21-15-28(16-22-32)44(4,5)6/h13-26H,1-12H3. The van der Waals surface area contributed by atoms with E-state index in [9.17, 15) is 0 Å². The van der Waals surface area contributed by atoms with Crippen LogP contribution in [-0.2, 0) is 21.7 Å². The van der Waals surface area contributed by atoms with E-state index in [4.69, 9.17) is 29.9 Å². The molecule has 8 heteroatoms. The van der Waals surface area contributed by atoms with Crippen molar-refractivity contribution < 1.29 is 0 Å². The van der Waals surface area contributed by atoms with Gasteiger partial charge in [-0.1, -0.05) is 119 Å². The maximum Gasteiger partial charge on any atom is 0.202 e. The van der Waals surface area contributed by atoms with Crippen LogP contribution in [0.4, 0.5) is 45.8 Å². The molecule has 0 saturated carbocycles. The Morgan fingerprint density at radius 2 is 0.685 bits per heavy atom. The Hall–Kier alpha value is -5.50. The SMILES string of the molecule is CC(C)(C)c1ccc(N2c3cc(C(C)(C)C)ccc3N=c3nc4nc5c(nc4nc32)=Nc2ccc(C(C)(C)C)cc2N5c2ccc(C(C)(C)C)cc2)cc1. The summed E-state index contributed by atoms with van der Waals surface area (Å²) >= 11 is 0. The molecular formula is C46H50N8. The van der Waals surface area contributed by atoms with Gasteiger partial charge in [-0.2, -0.15) is 0 Å². The van der Waals surface area contributed by atoms with E-state index in [0.717, 1.165) is 34.1 Å². The maximum absolute atomic E-state index is 5.20. The second-order valence-electron chi connectivity index (χ2n) is 18.8. The van der Waals surface area contributed by atoms with Gasteiger partial charge < -0.3 is 0 Å². The van der Waals surface area contributed by atoms with Gasteiger partial charge >= 0.3 is 0 Å². The topological polar surface area (TPSA) is 82.8 Å². The van der Waals surface area contributed by atoms with Crippen LogP contribution in [0.3, 0.4) is 0 Å². The molecule has 0 aliphatic carbocycles. The Labute approximate surface area is 318 Å². The van der Waals surface area contributed by atoms with Crippen LogP contribution in [0.1, 0.15) is 105 Å².